The van der Waals surface area contributed by atoms with Crippen molar-refractivity contribution in [3.63, 3.8) is 0 Å². The Morgan fingerprint density at radius 1 is 0.682 bits per heavy atom. The van der Waals surface area contributed by atoms with E-state index in [1.165, 1.54) is 0 Å². The van der Waals surface area contributed by atoms with Crippen LogP contribution in [0.3, 0.4) is 0 Å². The van der Waals surface area contributed by atoms with E-state index in [0.29, 0.717) is 23.6 Å². The van der Waals surface area contributed by atoms with Crippen molar-refractivity contribution in [1.29, 1.82) is 0 Å². The molecule has 224 valence electrons. The molecule has 0 aliphatic heterocycles. The topological polar surface area (TPSA) is 44.2 Å². The minimum atomic E-state index is -0.289. The first-order valence-electron chi connectivity index (χ1n) is 15.2. The first-order chi connectivity index (χ1) is 21.5. The van der Waals surface area contributed by atoms with Gasteiger partial charge in [-0.25, -0.2) is 4.39 Å². The second-order valence-electron chi connectivity index (χ2n) is 11.1. The summed E-state index contributed by atoms with van der Waals surface area (Å²) in [6, 6.07) is 29.7. The number of aromatic nitrogens is 2. The summed E-state index contributed by atoms with van der Waals surface area (Å²) in [6.07, 6.45) is 3.22. The lowest BCUT2D eigenvalue weighted by Gasteiger charge is -2.11. The highest BCUT2D eigenvalue weighted by Gasteiger charge is 2.18. The number of fused-ring (bicyclic) bond motifs is 1. The number of thiophene rings is 1. The first kappa shape index (κ1) is 30.0. The highest BCUT2D eigenvalue weighted by Crippen LogP contribution is 2.41. The predicted molar refractivity (Wildman–Crippen MR) is 182 cm³/mol. The molecule has 2 aromatic heterocycles. The van der Waals surface area contributed by atoms with Gasteiger partial charge in [0.05, 0.1) is 24.9 Å². The largest absolute Gasteiger partial charge is 0.494 e. The molecule has 44 heavy (non-hydrogen) atoms. The second-order valence-corrected chi connectivity index (χ2v) is 12.7. The molecule has 4 nitrogen and oxygen atoms in total. The van der Waals surface area contributed by atoms with E-state index in [-0.39, 0.29) is 5.82 Å². The van der Waals surface area contributed by atoms with Crippen molar-refractivity contribution in [2.75, 3.05) is 13.2 Å². The Balaban J connectivity index is 1.22. The van der Waals surface area contributed by atoms with Gasteiger partial charge in [0.15, 0.2) is 0 Å². The third kappa shape index (κ3) is 6.54. The van der Waals surface area contributed by atoms with E-state index in [9.17, 15) is 0 Å². The van der Waals surface area contributed by atoms with Gasteiger partial charge in [-0.2, -0.15) is 8.75 Å². The lowest BCUT2D eigenvalue weighted by atomic mass is 9.97. The standard InChI is InChI=1S/C37H35FN2O2S2/c1-4-6-21-41-28-12-7-25(8-13-28)27-11-16-30(33(38)22-27)31-17-18-32(37-36(31)39-44-40-37)35-20-19-34(43-35)26-9-14-29(15-10-26)42-23-24(3)5-2/h7-20,22,24H,4-6,21,23H2,1-3H3. The molecule has 4 aromatic carbocycles. The molecule has 1 atom stereocenters. The van der Waals surface area contributed by atoms with Crippen LogP contribution < -0.4 is 9.47 Å². The van der Waals surface area contributed by atoms with Crippen LogP contribution in [0.2, 0.25) is 0 Å². The highest BCUT2D eigenvalue weighted by molar-refractivity contribution is 7.19. The molecular formula is C37H35FN2O2S2. The van der Waals surface area contributed by atoms with Gasteiger partial charge in [-0.05, 0) is 83.6 Å². The van der Waals surface area contributed by atoms with Gasteiger partial charge in [-0.3, -0.25) is 0 Å². The Bertz CT molecular complexity index is 1840. The minimum Gasteiger partial charge on any atom is -0.494 e. The molecule has 1 unspecified atom stereocenters. The van der Waals surface area contributed by atoms with Crippen LogP contribution in [0.1, 0.15) is 40.0 Å². The second kappa shape index (κ2) is 13.7. The monoisotopic (exact) mass is 622 g/mol. The number of rotatable bonds is 12. The van der Waals surface area contributed by atoms with Crippen molar-refractivity contribution in [3.8, 4) is 54.6 Å². The molecule has 0 aliphatic rings. The molecule has 0 saturated heterocycles. The van der Waals surface area contributed by atoms with E-state index < -0.39 is 0 Å². The first-order valence-corrected chi connectivity index (χ1v) is 16.7. The summed E-state index contributed by atoms with van der Waals surface area (Å²) in [5.74, 6) is 1.97. The molecule has 0 spiro atoms. The van der Waals surface area contributed by atoms with Gasteiger partial charge in [0, 0.05) is 26.4 Å². The summed E-state index contributed by atoms with van der Waals surface area (Å²) < 4.78 is 36.5. The quantitative estimate of drug-likeness (QED) is 0.127. The van der Waals surface area contributed by atoms with E-state index in [2.05, 4.69) is 53.8 Å². The number of hydrogen-bond acceptors (Lipinski definition) is 6. The summed E-state index contributed by atoms with van der Waals surface area (Å²) in [5.41, 5.74) is 6.66. The number of halogens is 1. The zero-order valence-electron chi connectivity index (χ0n) is 25.2. The normalized spacial score (nSPS) is 12.0. The predicted octanol–water partition coefficient (Wildman–Crippen LogP) is 11.2. The van der Waals surface area contributed by atoms with Gasteiger partial charge in [0.25, 0.3) is 0 Å². The molecule has 0 aliphatic carbocycles. The van der Waals surface area contributed by atoms with Crippen molar-refractivity contribution >= 4 is 34.1 Å². The molecule has 0 saturated carbocycles. The maximum Gasteiger partial charge on any atom is 0.131 e. The molecule has 0 bridgehead atoms. The maximum atomic E-state index is 15.6. The Kier molecular flexibility index (Phi) is 9.34. The molecule has 0 fully saturated rings. The Labute approximate surface area is 266 Å². The number of unbranched alkanes of at least 4 members (excludes halogenated alkanes) is 1. The summed E-state index contributed by atoms with van der Waals surface area (Å²) >= 11 is 2.86. The van der Waals surface area contributed by atoms with Gasteiger partial charge in [0.2, 0.25) is 0 Å². The van der Waals surface area contributed by atoms with Gasteiger partial charge in [-0.15, -0.1) is 11.3 Å². The fourth-order valence-corrected chi connectivity index (χ4v) is 6.59. The molecule has 0 N–H and O–H groups in total. The Hall–Kier alpha value is -4.07. The van der Waals surface area contributed by atoms with Gasteiger partial charge >= 0.3 is 0 Å². The summed E-state index contributed by atoms with van der Waals surface area (Å²) in [5, 5.41) is 0. The summed E-state index contributed by atoms with van der Waals surface area (Å²) in [4.78, 5) is 2.26. The molecule has 6 aromatic rings. The van der Waals surface area contributed by atoms with E-state index in [0.717, 1.165) is 92.2 Å². The molecule has 0 amide bonds. The van der Waals surface area contributed by atoms with Crippen LogP contribution in [0.15, 0.2) is 91.0 Å². The van der Waals surface area contributed by atoms with Crippen LogP contribution in [0, 0.1) is 11.7 Å². The van der Waals surface area contributed by atoms with Crippen LogP contribution in [-0.2, 0) is 0 Å². The average Bonchev–Trinajstić information content (AvgIpc) is 3.75. The van der Waals surface area contributed by atoms with Crippen molar-refractivity contribution in [2.45, 2.75) is 40.0 Å². The number of benzene rings is 4. The van der Waals surface area contributed by atoms with Crippen LogP contribution in [0.5, 0.6) is 11.5 Å². The van der Waals surface area contributed by atoms with Crippen molar-refractivity contribution in [3.05, 3.63) is 96.8 Å². The van der Waals surface area contributed by atoms with Gasteiger partial charge < -0.3 is 9.47 Å². The maximum absolute atomic E-state index is 15.6. The van der Waals surface area contributed by atoms with Crippen LogP contribution in [0.4, 0.5) is 4.39 Å². The lowest BCUT2D eigenvalue weighted by molar-refractivity contribution is 0.256. The molecule has 2 heterocycles. The fourth-order valence-electron chi connectivity index (χ4n) is 4.98. The number of nitrogens with zero attached hydrogens (tertiary/aromatic N) is 2. The van der Waals surface area contributed by atoms with E-state index in [1.54, 1.807) is 17.4 Å². The number of hydrogen-bond donors (Lipinski definition) is 0. The molecular weight excluding hydrogens is 588 g/mol. The molecule has 6 rings (SSSR count). The molecule has 0 radical (unpaired) electrons. The van der Waals surface area contributed by atoms with Crippen LogP contribution in [-0.4, -0.2) is 22.0 Å². The average molecular weight is 623 g/mol. The van der Waals surface area contributed by atoms with Crippen molar-refractivity contribution < 1.29 is 13.9 Å². The van der Waals surface area contributed by atoms with Crippen LogP contribution >= 0.6 is 23.1 Å². The summed E-state index contributed by atoms with van der Waals surface area (Å²) in [6.45, 7) is 7.94. The third-order valence-electron chi connectivity index (χ3n) is 7.87. The highest BCUT2D eigenvalue weighted by atomic mass is 32.1. The van der Waals surface area contributed by atoms with Crippen molar-refractivity contribution in [1.82, 2.24) is 8.75 Å². The molecule has 7 heteroatoms. The van der Waals surface area contributed by atoms with Crippen LogP contribution in [0.25, 0.3) is 54.2 Å². The smallest absolute Gasteiger partial charge is 0.131 e. The SMILES string of the molecule is CCCCOc1ccc(-c2ccc(-c3ccc(-c4ccc(-c5ccc(OCC(C)CC)cc5)s4)c4nsnc34)c(F)c2)cc1. The Morgan fingerprint density at radius 2 is 1.30 bits per heavy atom. The van der Waals surface area contributed by atoms with E-state index in [4.69, 9.17) is 9.47 Å². The lowest BCUT2D eigenvalue weighted by Crippen LogP contribution is -2.06. The van der Waals surface area contributed by atoms with E-state index in [1.807, 2.05) is 60.7 Å². The zero-order valence-corrected chi connectivity index (χ0v) is 26.8. The van der Waals surface area contributed by atoms with Gasteiger partial charge in [-0.1, -0.05) is 70.0 Å². The third-order valence-corrected chi connectivity index (χ3v) is 9.57. The summed E-state index contributed by atoms with van der Waals surface area (Å²) in [7, 11) is 0. The van der Waals surface area contributed by atoms with Crippen molar-refractivity contribution in [2.24, 2.45) is 5.92 Å². The fraction of sp³-hybridized carbons (Fsp3) is 0.243. The minimum absolute atomic E-state index is 0.289. The zero-order chi connectivity index (χ0) is 30.5. The Morgan fingerprint density at radius 3 is 2.00 bits per heavy atom. The van der Waals surface area contributed by atoms with E-state index >= 15 is 4.39 Å². The van der Waals surface area contributed by atoms with Gasteiger partial charge in [0.1, 0.15) is 28.3 Å². The number of ether oxygens (including phenoxy) is 2.